The first kappa shape index (κ1) is 22.8. The van der Waals surface area contributed by atoms with E-state index in [1.165, 1.54) is 0 Å². The lowest BCUT2D eigenvalue weighted by Gasteiger charge is -2.33. The summed E-state index contributed by atoms with van der Waals surface area (Å²) in [5.41, 5.74) is 0.564. The molecule has 2 aliphatic rings. The fourth-order valence-electron chi connectivity index (χ4n) is 3.75. The van der Waals surface area contributed by atoms with E-state index < -0.39 is 5.60 Å². The van der Waals surface area contributed by atoms with E-state index in [0.29, 0.717) is 17.8 Å². The van der Waals surface area contributed by atoms with Crippen molar-refractivity contribution >= 4 is 23.9 Å². The van der Waals surface area contributed by atoms with E-state index in [-0.39, 0.29) is 12.2 Å². The van der Waals surface area contributed by atoms with Crippen molar-refractivity contribution in [1.82, 2.24) is 9.80 Å². The van der Waals surface area contributed by atoms with Gasteiger partial charge in [0.15, 0.2) is 0 Å². The minimum atomic E-state index is -0.445. The summed E-state index contributed by atoms with van der Waals surface area (Å²) in [6, 6.07) is 9.78. The third-order valence-corrected chi connectivity index (χ3v) is 7.02. The van der Waals surface area contributed by atoms with Gasteiger partial charge < -0.3 is 19.3 Å². The quantitative estimate of drug-likeness (QED) is 0.668. The summed E-state index contributed by atoms with van der Waals surface area (Å²) >= 11 is 1.99. The molecule has 30 heavy (non-hydrogen) atoms. The fourth-order valence-corrected chi connectivity index (χ4v) is 5.11. The molecule has 0 spiro atoms. The van der Waals surface area contributed by atoms with Gasteiger partial charge in [0, 0.05) is 31.4 Å². The maximum Gasteiger partial charge on any atom is 0.410 e. The number of thioether (sulfide) groups is 1. The maximum absolute atomic E-state index is 12.3. The highest BCUT2D eigenvalue weighted by Crippen LogP contribution is 2.29. The molecule has 1 aromatic carbocycles. The van der Waals surface area contributed by atoms with Crippen molar-refractivity contribution in [2.24, 2.45) is 5.92 Å². The smallest absolute Gasteiger partial charge is 0.410 e. The van der Waals surface area contributed by atoms with Crippen molar-refractivity contribution in [3.63, 3.8) is 0 Å². The van der Waals surface area contributed by atoms with Gasteiger partial charge in [-0.05, 0) is 57.3 Å². The number of benzene rings is 1. The van der Waals surface area contributed by atoms with Crippen LogP contribution in [0, 0.1) is 5.92 Å². The van der Waals surface area contributed by atoms with Crippen molar-refractivity contribution in [3.8, 4) is 0 Å². The lowest BCUT2D eigenvalue weighted by molar-refractivity contribution is 0.0219. The number of piperidine rings is 1. The molecule has 0 radical (unpaired) electrons. The number of amides is 2. The first-order valence-electron chi connectivity index (χ1n) is 10.9. The number of rotatable bonds is 5. The number of likely N-dealkylation sites (tertiary alicyclic amines) is 2. The SMILES string of the molecule is CC(C)(C)OC(=O)N1CCC(SCC2CCN(C(=O)OCc3ccccc3)C2)CC1. The van der Waals surface area contributed by atoms with Gasteiger partial charge in [-0.15, -0.1) is 0 Å². The Labute approximate surface area is 184 Å². The molecule has 7 heteroatoms. The average molecular weight is 435 g/mol. The van der Waals surface area contributed by atoms with Gasteiger partial charge in [0.1, 0.15) is 12.2 Å². The van der Waals surface area contributed by atoms with Crippen LogP contribution in [0.2, 0.25) is 0 Å². The lowest BCUT2D eigenvalue weighted by Crippen LogP contribution is -2.42. The van der Waals surface area contributed by atoms with E-state index >= 15 is 0 Å². The number of ether oxygens (including phenoxy) is 2. The first-order valence-corrected chi connectivity index (χ1v) is 11.9. The fraction of sp³-hybridized carbons (Fsp3) is 0.652. The number of hydrogen-bond donors (Lipinski definition) is 0. The molecule has 2 amide bonds. The molecule has 0 bridgehead atoms. The Bertz CT molecular complexity index is 699. The summed E-state index contributed by atoms with van der Waals surface area (Å²) in [7, 11) is 0. The van der Waals surface area contributed by atoms with Crippen LogP contribution in [-0.2, 0) is 16.1 Å². The van der Waals surface area contributed by atoms with Crippen LogP contribution in [-0.4, -0.2) is 64.8 Å². The minimum Gasteiger partial charge on any atom is -0.445 e. The van der Waals surface area contributed by atoms with E-state index in [1.54, 1.807) is 0 Å². The standard InChI is InChI=1S/C23H34N2O4S/c1-23(2,3)29-22(27)24-13-10-20(11-14-24)30-17-19-9-12-25(15-19)21(26)28-16-18-7-5-4-6-8-18/h4-8,19-20H,9-17H2,1-3H3. The van der Waals surface area contributed by atoms with Gasteiger partial charge in [-0.2, -0.15) is 11.8 Å². The van der Waals surface area contributed by atoms with E-state index in [9.17, 15) is 9.59 Å². The highest BCUT2D eigenvalue weighted by Gasteiger charge is 2.30. The average Bonchev–Trinajstić information content (AvgIpc) is 3.19. The first-order chi connectivity index (χ1) is 14.3. The second-order valence-corrected chi connectivity index (χ2v) is 10.5. The Balaban J connectivity index is 1.32. The maximum atomic E-state index is 12.3. The molecular weight excluding hydrogens is 400 g/mol. The Kier molecular flexibility index (Phi) is 7.92. The predicted molar refractivity (Wildman–Crippen MR) is 120 cm³/mol. The van der Waals surface area contributed by atoms with Crippen LogP contribution in [0.1, 0.15) is 45.6 Å². The van der Waals surface area contributed by atoms with Crippen LogP contribution in [0.15, 0.2) is 30.3 Å². The van der Waals surface area contributed by atoms with Crippen molar-refractivity contribution < 1.29 is 19.1 Å². The molecule has 6 nitrogen and oxygen atoms in total. The number of hydrogen-bond acceptors (Lipinski definition) is 5. The molecule has 2 aliphatic heterocycles. The Morgan fingerprint density at radius 1 is 1.00 bits per heavy atom. The molecular formula is C23H34N2O4S. The summed E-state index contributed by atoms with van der Waals surface area (Å²) in [5.74, 6) is 1.57. The molecule has 1 unspecified atom stereocenters. The van der Waals surface area contributed by atoms with Crippen molar-refractivity contribution in [2.75, 3.05) is 31.9 Å². The molecule has 0 aliphatic carbocycles. The second-order valence-electron chi connectivity index (χ2n) is 9.14. The summed E-state index contributed by atoms with van der Waals surface area (Å²) in [5, 5.41) is 0.572. The molecule has 0 saturated carbocycles. The second kappa shape index (κ2) is 10.4. The summed E-state index contributed by atoms with van der Waals surface area (Å²) in [4.78, 5) is 28.1. The van der Waals surface area contributed by atoms with E-state index in [1.807, 2.05) is 72.7 Å². The van der Waals surface area contributed by atoms with Gasteiger partial charge in [0.05, 0.1) is 0 Å². The van der Waals surface area contributed by atoms with Gasteiger partial charge in [-0.25, -0.2) is 9.59 Å². The molecule has 2 heterocycles. The Morgan fingerprint density at radius 3 is 2.33 bits per heavy atom. The molecule has 3 rings (SSSR count). The zero-order chi connectivity index (χ0) is 21.6. The lowest BCUT2D eigenvalue weighted by atomic mass is 10.1. The molecule has 0 N–H and O–H groups in total. The largest absolute Gasteiger partial charge is 0.445 e. The van der Waals surface area contributed by atoms with Crippen LogP contribution in [0.4, 0.5) is 9.59 Å². The van der Waals surface area contributed by atoms with Crippen molar-refractivity contribution in [2.45, 2.75) is 57.5 Å². The minimum absolute atomic E-state index is 0.202. The van der Waals surface area contributed by atoms with Crippen LogP contribution >= 0.6 is 11.8 Å². The van der Waals surface area contributed by atoms with Crippen molar-refractivity contribution in [1.29, 1.82) is 0 Å². The summed E-state index contributed by atoms with van der Waals surface area (Å²) in [6.45, 7) is 9.09. The van der Waals surface area contributed by atoms with Crippen LogP contribution in [0.25, 0.3) is 0 Å². The zero-order valence-electron chi connectivity index (χ0n) is 18.3. The number of carbonyl (C=O) groups excluding carboxylic acids is 2. The highest BCUT2D eigenvalue weighted by molar-refractivity contribution is 7.99. The van der Waals surface area contributed by atoms with Crippen molar-refractivity contribution in [3.05, 3.63) is 35.9 Å². The molecule has 2 saturated heterocycles. The predicted octanol–water partition coefficient (Wildman–Crippen LogP) is 4.78. The zero-order valence-corrected chi connectivity index (χ0v) is 19.2. The Morgan fingerprint density at radius 2 is 1.67 bits per heavy atom. The van der Waals surface area contributed by atoms with E-state index in [4.69, 9.17) is 9.47 Å². The van der Waals surface area contributed by atoms with Gasteiger partial charge in [0.2, 0.25) is 0 Å². The van der Waals surface area contributed by atoms with Gasteiger partial charge >= 0.3 is 12.2 Å². The third kappa shape index (κ3) is 7.11. The summed E-state index contributed by atoms with van der Waals surface area (Å²) < 4.78 is 10.9. The summed E-state index contributed by atoms with van der Waals surface area (Å²) in [6.07, 6.45) is 2.62. The van der Waals surface area contributed by atoms with Crippen LogP contribution < -0.4 is 0 Å². The third-order valence-electron chi connectivity index (χ3n) is 5.41. The molecule has 1 atom stereocenters. The number of carbonyl (C=O) groups is 2. The van der Waals surface area contributed by atoms with E-state index in [0.717, 1.165) is 56.8 Å². The topological polar surface area (TPSA) is 59.1 Å². The normalized spacial score (nSPS) is 20.3. The molecule has 0 aromatic heterocycles. The van der Waals surface area contributed by atoms with Crippen LogP contribution in [0.5, 0.6) is 0 Å². The monoisotopic (exact) mass is 434 g/mol. The molecule has 166 valence electrons. The highest BCUT2D eigenvalue weighted by atomic mass is 32.2. The molecule has 1 aromatic rings. The van der Waals surface area contributed by atoms with Gasteiger partial charge in [0.25, 0.3) is 0 Å². The number of nitrogens with zero attached hydrogens (tertiary/aromatic N) is 2. The van der Waals surface area contributed by atoms with Gasteiger partial charge in [-0.1, -0.05) is 30.3 Å². The van der Waals surface area contributed by atoms with Crippen LogP contribution in [0.3, 0.4) is 0 Å². The van der Waals surface area contributed by atoms with Gasteiger partial charge in [-0.3, -0.25) is 0 Å². The Hall–Kier alpha value is -1.89. The molecule has 2 fully saturated rings. The van der Waals surface area contributed by atoms with E-state index in [2.05, 4.69) is 0 Å².